The van der Waals surface area contributed by atoms with E-state index in [0.29, 0.717) is 23.2 Å². The Morgan fingerprint density at radius 1 is 1.00 bits per heavy atom. The summed E-state index contributed by atoms with van der Waals surface area (Å²) in [7, 11) is 5.72. The van der Waals surface area contributed by atoms with Crippen LogP contribution in [-0.2, 0) is 14.4 Å². The van der Waals surface area contributed by atoms with Crippen LogP contribution in [0.3, 0.4) is 0 Å². The zero-order valence-corrected chi connectivity index (χ0v) is 11.1. The standard InChI is InChI=1S/C7H15NO3.C4H4O4/c1-8(2,3)5-6(9)4-7(10)11;5-3(6)1-2-4(7)8/h6,9H,4-5H2,1-3H3;1-2H,(H,5,6)(H,7,8)/p+1/b;2-1-/t6-;/m0./s1. The van der Waals surface area contributed by atoms with E-state index in [1.165, 1.54) is 0 Å². The molecule has 0 fully saturated rings. The highest BCUT2D eigenvalue weighted by Crippen LogP contribution is 1.98. The zero-order valence-electron chi connectivity index (χ0n) is 11.1. The highest BCUT2D eigenvalue weighted by atomic mass is 16.4. The van der Waals surface area contributed by atoms with Gasteiger partial charge >= 0.3 is 17.9 Å². The highest BCUT2D eigenvalue weighted by Gasteiger charge is 2.17. The molecule has 19 heavy (non-hydrogen) atoms. The van der Waals surface area contributed by atoms with Crippen molar-refractivity contribution in [1.29, 1.82) is 0 Å². The van der Waals surface area contributed by atoms with Gasteiger partial charge in [-0.3, -0.25) is 4.79 Å². The van der Waals surface area contributed by atoms with Crippen LogP contribution in [0.5, 0.6) is 0 Å². The lowest BCUT2D eigenvalue weighted by Gasteiger charge is -2.25. The molecule has 0 radical (unpaired) electrons. The number of nitrogens with zero attached hydrogens (tertiary/aromatic N) is 1. The Labute approximate surface area is 110 Å². The Hall–Kier alpha value is -1.93. The summed E-state index contributed by atoms with van der Waals surface area (Å²) in [6, 6.07) is 0. The molecule has 0 aromatic heterocycles. The van der Waals surface area contributed by atoms with Crippen LogP contribution in [0.4, 0.5) is 0 Å². The van der Waals surface area contributed by atoms with Crippen LogP contribution in [0.15, 0.2) is 12.2 Å². The molecule has 0 saturated heterocycles. The molecule has 0 aromatic rings. The normalized spacial score (nSPS) is 12.4. The van der Waals surface area contributed by atoms with Crippen molar-refractivity contribution >= 4 is 17.9 Å². The number of quaternary nitrogens is 1. The predicted molar refractivity (Wildman–Crippen MR) is 65.6 cm³/mol. The van der Waals surface area contributed by atoms with Gasteiger partial charge in [0.25, 0.3) is 0 Å². The van der Waals surface area contributed by atoms with Crippen LogP contribution < -0.4 is 0 Å². The molecule has 8 nitrogen and oxygen atoms in total. The lowest BCUT2D eigenvalue weighted by Crippen LogP contribution is -2.42. The molecule has 0 amide bonds. The molecule has 0 aliphatic heterocycles. The maximum Gasteiger partial charge on any atom is 0.328 e. The molecule has 110 valence electrons. The molecule has 0 spiro atoms. The van der Waals surface area contributed by atoms with Crippen LogP contribution in [0, 0.1) is 0 Å². The Morgan fingerprint density at radius 2 is 1.37 bits per heavy atom. The van der Waals surface area contributed by atoms with Gasteiger partial charge in [0.05, 0.1) is 27.6 Å². The molecule has 0 saturated carbocycles. The lowest BCUT2D eigenvalue weighted by molar-refractivity contribution is -0.873. The molecular weight excluding hydrogens is 258 g/mol. The van der Waals surface area contributed by atoms with Crippen LogP contribution in [0.1, 0.15) is 6.42 Å². The number of aliphatic hydroxyl groups is 1. The van der Waals surface area contributed by atoms with Crippen molar-refractivity contribution in [2.24, 2.45) is 0 Å². The third-order valence-corrected chi connectivity index (χ3v) is 1.54. The number of hydrogen-bond acceptors (Lipinski definition) is 4. The Balaban J connectivity index is 0. The minimum absolute atomic E-state index is 0.171. The number of hydrogen-bond donors (Lipinski definition) is 4. The molecule has 0 heterocycles. The predicted octanol–water partition coefficient (Wildman–Crippen LogP) is -0.760. The summed E-state index contributed by atoms with van der Waals surface area (Å²) >= 11 is 0. The van der Waals surface area contributed by atoms with E-state index in [1.54, 1.807) is 0 Å². The fourth-order valence-electron chi connectivity index (χ4n) is 1.04. The van der Waals surface area contributed by atoms with Gasteiger partial charge in [0.1, 0.15) is 12.6 Å². The largest absolute Gasteiger partial charge is 0.481 e. The first kappa shape index (κ1) is 19.4. The van der Waals surface area contributed by atoms with Gasteiger partial charge in [0.2, 0.25) is 0 Å². The van der Waals surface area contributed by atoms with Gasteiger partial charge < -0.3 is 24.9 Å². The Bertz CT molecular complexity index is 327. The molecule has 0 aliphatic carbocycles. The van der Waals surface area contributed by atoms with Crippen molar-refractivity contribution in [1.82, 2.24) is 0 Å². The summed E-state index contributed by atoms with van der Waals surface area (Å²) in [5, 5.41) is 33.1. The van der Waals surface area contributed by atoms with E-state index in [-0.39, 0.29) is 6.42 Å². The summed E-state index contributed by atoms with van der Waals surface area (Å²) in [5.41, 5.74) is 0. The summed E-state index contributed by atoms with van der Waals surface area (Å²) < 4.78 is 0.578. The Morgan fingerprint density at radius 3 is 1.58 bits per heavy atom. The van der Waals surface area contributed by atoms with E-state index >= 15 is 0 Å². The molecule has 0 unspecified atom stereocenters. The first-order chi connectivity index (χ1) is 8.44. The smallest absolute Gasteiger partial charge is 0.328 e. The number of likely N-dealkylation sites (N-methyl/N-ethyl adjacent to an activating group) is 1. The average Bonchev–Trinajstić information content (AvgIpc) is 2.10. The van der Waals surface area contributed by atoms with Crippen molar-refractivity contribution in [3.05, 3.63) is 12.2 Å². The van der Waals surface area contributed by atoms with Gasteiger partial charge in [-0.15, -0.1) is 0 Å². The fourth-order valence-corrected chi connectivity index (χ4v) is 1.04. The van der Waals surface area contributed by atoms with Crippen LogP contribution >= 0.6 is 0 Å². The van der Waals surface area contributed by atoms with Gasteiger partial charge in [-0.2, -0.15) is 0 Å². The summed E-state index contributed by atoms with van der Waals surface area (Å²) in [6.07, 6.45) is 0.202. The minimum atomic E-state index is -1.26. The highest BCUT2D eigenvalue weighted by molar-refractivity contribution is 5.89. The number of carbonyl (C=O) groups is 3. The number of carboxylic acids is 3. The fraction of sp³-hybridized carbons (Fsp3) is 0.545. The topological polar surface area (TPSA) is 132 Å². The van der Waals surface area contributed by atoms with Gasteiger partial charge in [0, 0.05) is 12.2 Å². The van der Waals surface area contributed by atoms with Crippen molar-refractivity contribution in [3.63, 3.8) is 0 Å². The first-order valence-electron chi connectivity index (χ1n) is 5.28. The molecular formula is C11H20NO7+. The SMILES string of the molecule is C[N+](C)(C)C[C@@H](O)CC(=O)O.O=C(O)/C=C\C(=O)O. The molecule has 8 heteroatoms. The summed E-state index contributed by atoms with van der Waals surface area (Å²) in [5.74, 6) is -3.47. The first-order valence-corrected chi connectivity index (χ1v) is 5.28. The third-order valence-electron chi connectivity index (χ3n) is 1.54. The second-order valence-electron chi connectivity index (χ2n) is 4.73. The third kappa shape index (κ3) is 21.8. The quantitative estimate of drug-likeness (QED) is 0.371. The molecule has 1 atom stereocenters. The second-order valence-corrected chi connectivity index (χ2v) is 4.73. The van der Waals surface area contributed by atoms with E-state index < -0.39 is 24.0 Å². The number of rotatable bonds is 6. The average molecular weight is 278 g/mol. The van der Waals surface area contributed by atoms with E-state index in [1.807, 2.05) is 21.1 Å². The number of aliphatic hydroxyl groups excluding tert-OH is 1. The maximum absolute atomic E-state index is 10.1. The van der Waals surface area contributed by atoms with E-state index in [0.717, 1.165) is 0 Å². The van der Waals surface area contributed by atoms with Crippen molar-refractivity contribution in [2.75, 3.05) is 27.7 Å². The van der Waals surface area contributed by atoms with Crippen molar-refractivity contribution < 1.29 is 39.3 Å². The van der Waals surface area contributed by atoms with Crippen molar-refractivity contribution in [2.45, 2.75) is 12.5 Å². The maximum atomic E-state index is 10.1. The lowest BCUT2D eigenvalue weighted by atomic mass is 10.2. The molecule has 0 bridgehead atoms. The molecule has 0 aliphatic rings. The number of carboxylic acid groups (broad SMARTS) is 3. The van der Waals surface area contributed by atoms with E-state index in [9.17, 15) is 14.4 Å². The zero-order chi connectivity index (χ0) is 15.6. The van der Waals surface area contributed by atoms with E-state index in [2.05, 4.69) is 0 Å². The number of aliphatic carboxylic acids is 3. The molecule has 0 rings (SSSR count). The van der Waals surface area contributed by atoms with Gasteiger partial charge in [-0.25, -0.2) is 9.59 Å². The van der Waals surface area contributed by atoms with Gasteiger partial charge in [-0.1, -0.05) is 0 Å². The van der Waals surface area contributed by atoms with Crippen LogP contribution in [0.2, 0.25) is 0 Å². The van der Waals surface area contributed by atoms with Crippen molar-refractivity contribution in [3.8, 4) is 0 Å². The van der Waals surface area contributed by atoms with Crippen LogP contribution in [0.25, 0.3) is 0 Å². The minimum Gasteiger partial charge on any atom is -0.481 e. The molecule has 4 N–H and O–H groups in total. The summed E-state index contributed by atoms with van der Waals surface area (Å²) in [6.45, 7) is 0.465. The molecule has 0 aromatic carbocycles. The van der Waals surface area contributed by atoms with Crippen LogP contribution in [-0.4, -0.2) is 76.6 Å². The van der Waals surface area contributed by atoms with Gasteiger partial charge in [0.15, 0.2) is 0 Å². The monoisotopic (exact) mass is 278 g/mol. The Kier molecular flexibility index (Phi) is 9.26. The summed E-state index contributed by atoms with van der Waals surface area (Å²) in [4.78, 5) is 29.2. The van der Waals surface area contributed by atoms with Gasteiger partial charge in [-0.05, 0) is 0 Å². The second kappa shape index (κ2) is 9.06. The van der Waals surface area contributed by atoms with E-state index in [4.69, 9.17) is 20.4 Å².